The van der Waals surface area contributed by atoms with Gasteiger partial charge in [-0.05, 0) is 40.9 Å². The topological polar surface area (TPSA) is 47.9 Å². The first kappa shape index (κ1) is 19.7. The fourth-order valence-corrected chi connectivity index (χ4v) is 3.25. The van der Waals surface area contributed by atoms with Crippen LogP contribution >= 0.6 is 51.2 Å². The van der Waals surface area contributed by atoms with Crippen LogP contribution in [0.15, 0.2) is 20.9 Å². The molecule has 124 valence electrons. The fourth-order valence-electron chi connectivity index (χ4n) is 1.72. The largest absolute Gasteiger partial charge is 0.353 e. The van der Waals surface area contributed by atoms with Crippen LogP contribution in [0.2, 0.25) is 0 Å². The molecule has 5 nitrogen and oxygen atoms in total. The zero-order chi connectivity index (χ0) is 15.4. The second-order valence-electron chi connectivity index (χ2n) is 5.41. The number of hydrogen-bond acceptors (Lipinski definition) is 3. The molecule has 0 spiro atoms. The second kappa shape index (κ2) is 9.07. The highest BCUT2D eigenvalue weighted by Gasteiger charge is 2.24. The van der Waals surface area contributed by atoms with Gasteiger partial charge >= 0.3 is 0 Å². The molecule has 0 unspecified atom stereocenters. The minimum atomic E-state index is 0. The Bertz CT molecular complexity index is 531. The predicted molar refractivity (Wildman–Crippen MR) is 106 cm³/mol. The van der Waals surface area contributed by atoms with Gasteiger partial charge in [-0.25, -0.2) is 4.99 Å². The second-order valence-corrected chi connectivity index (χ2v) is 7.96. The molecule has 0 atom stereocenters. The summed E-state index contributed by atoms with van der Waals surface area (Å²) in [5.41, 5.74) is 0. The van der Waals surface area contributed by atoms with E-state index < -0.39 is 0 Å². The van der Waals surface area contributed by atoms with Crippen LogP contribution in [0.4, 0.5) is 0 Å². The van der Waals surface area contributed by atoms with Gasteiger partial charge in [-0.2, -0.15) is 0 Å². The maximum Gasteiger partial charge on any atom is 0.243 e. The highest BCUT2D eigenvalue weighted by atomic mass is 127. The summed E-state index contributed by atoms with van der Waals surface area (Å²) in [5, 5.41) is 3.41. The third kappa shape index (κ3) is 6.41. The highest BCUT2D eigenvalue weighted by molar-refractivity contribution is 14.0. The lowest BCUT2D eigenvalue weighted by molar-refractivity contribution is -0.127. The number of amides is 1. The monoisotopic (exact) mass is 500 g/mol. The van der Waals surface area contributed by atoms with E-state index in [1.54, 1.807) is 30.3 Å². The first-order valence-corrected chi connectivity index (χ1v) is 8.53. The van der Waals surface area contributed by atoms with E-state index in [-0.39, 0.29) is 36.4 Å². The lowest BCUT2D eigenvalue weighted by atomic mass is 10.4. The normalized spacial score (nSPS) is 14.3. The van der Waals surface area contributed by atoms with E-state index in [2.05, 4.69) is 43.3 Å². The van der Waals surface area contributed by atoms with Crippen molar-refractivity contribution >= 4 is 63.1 Å². The first-order chi connectivity index (χ1) is 9.95. The summed E-state index contributed by atoms with van der Waals surface area (Å²) in [5.74, 6) is 0.814. The number of thiophene rings is 1. The van der Waals surface area contributed by atoms with Gasteiger partial charge in [-0.3, -0.25) is 4.79 Å². The lowest BCUT2D eigenvalue weighted by Crippen LogP contribution is -2.40. The highest BCUT2D eigenvalue weighted by Crippen LogP contribution is 2.23. The summed E-state index contributed by atoms with van der Waals surface area (Å²) in [6.07, 6.45) is 2.36. The zero-order valence-electron chi connectivity index (χ0n) is 13.0. The maximum atomic E-state index is 11.7. The van der Waals surface area contributed by atoms with Gasteiger partial charge < -0.3 is 15.1 Å². The molecule has 1 aliphatic rings. The van der Waals surface area contributed by atoms with Crippen LogP contribution < -0.4 is 5.32 Å². The molecule has 1 N–H and O–H groups in total. The van der Waals surface area contributed by atoms with Crippen molar-refractivity contribution < 1.29 is 4.79 Å². The number of rotatable bonds is 5. The van der Waals surface area contributed by atoms with E-state index >= 15 is 0 Å². The van der Waals surface area contributed by atoms with Gasteiger partial charge in [0.05, 0.1) is 10.3 Å². The molecule has 0 aliphatic heterocycles. The Morgan fingerprint density at radius 2 is 2.09 bits per heavy atom. The minimum Gasteiger partial charge on any atom is -0.353 e. The van der Waals surface area contributed by atoms with Crippen molar-refractivity contribution in [3.05, 3.63) is 20.8 Å². The Kier molecular flexibility index (Phi) is 8.12. The van der Waals surface area contributed by atoms with Gasteiger partial charge in [0.25, 0.3) is 0 Å². The van der Waals surface area contributed by atoms with Gasteiger partial charge in [-0.1, -0.05) is 0 Å². The van der Waals surface area contributed by atoms with Crippen molar-refractivity contribution in [1.82, 2.24) is 15.1 Å². The summed E-state index contributed by atoms with van der Waals surface area (Å²) in [6.45, 7) is 0.964. The van der Waals surface area contributed by atoms with E-state index in [4.69, 9.17) is 0 Å². The van der Waals surface area contributed by atoms with Gasteiger partial charge in [0.1, 0.15) is 6.54 Å². The molecule has 2 rings (SSSR count). The number of carbonyl (C=O) groups is 1. The SMILES string of the molecule is CN(C)C(=O)CN=C(NC1CC1)N(C)Cc1ccc(Br)s1.I. The van der Waals surface area contributed by atoms with Gasteiger partial charge in [0.15, 0.2) is 5.96 Å². The molecular formula is C14H22BrIN4OS. The summed E-state index contributed by atoms with van der Waals surface area (Å²) in [4.78, 5) is 21.1. The summed E-state index contributed by atoms with van der Waals surface area (Å²) in [7, 11) is 5.50. The van der Waals surface area contributed by atoms with Gasteiger partial charge in [0.2, 0.25) is 5.91 Å². The van der Waals surface area contributed by atoms with E-state index in [0.29, 0.717) is 6.04 Å². The Balaban J connectivity index is 0.00000242. The van der Waals surface area contributed by atoms with E-state index in [9.17, 15) is 4.79 Å². The molecule has 22 heavy (non-hydrogen) atoms. The minimum absolute atomic E-state index is 0. The number of halogens is 2. The van der Waals surface area contributed by atoms with Gasteiger partial charge in [0, 0.05) is 32.1 Å². The average molecular weight is 501 g/mol. The van der Waals surface area contributed by atoms with Crippen LogP contribution in [-0.4, -0.2) is 55.4 Å². The number of likely N-dealkylation sites (N-methyl/N-ethyl adjacent to an activating group) is 1. The fraction of sp³-hybridized carbons (Fsp3) is 0.571. The maximum absolute atomic E-state index is 11.7. The first-order valence-electron chi connectivity index (χ1n) is 6.92. The Hall–Kier alpha value is -0.350. The summed E-state index contributed by atoms with van der Waals surface area (Å²) in [6, 6.07) is 4.66. The van der Waals surface area contributed by atoms with Crippen molar-refractivity contribution in [2.45, 2.75) is 25.4 Å². The van der Waals surface area contributed by atoms with Crippen molar-refractivity contribution in [3.63, 3.8) is 0 Å². The third-order valence-corrected chi connectivity index (χ3v) is 4.77. The van der Waals surface area contributed by atoms with E-state index in [0.717, 1.165) is 16.3 Å². The third-order valence-electron chi connectivity index (χ3n) is 3.16. The molecule has 0 saturated heterocycles. The van der Waals surface area contributed by atoms with Crippen LogP contribution in [0.25, 0.3) is 0 Å². The number of nitrogens with zero attached hydrogens (tertiary/aromatic N) is 3. The Labute approximate surface area is 161 Å². The average Bonchev–Trinajstić information content (AvgIpc) is 3.16. The van der Waals surface area contributed by atoms with Crippen molar-refractivity contribution in [2.24, 2.45) is 4.99 Å². The van der Waals surface area contributed by atoms with Crippen LogP contribution in [0, 0.1) is 0 Å². The van der Waals surface area contributed by atoms with Crippen LogP contribution in [-0.2, 0) is 11.3 Å². The Morgan fingerprint density at radius 1 is 1.41 bits per heavy atom. The molecule has 1 amide bonds. The van der Waals surface area contributed by atoms with Crippen molar-refractivity contribution in [3.8, 4) is 0 Å². The number of hydrogen-bond donors (Lipinski definition) is 1. The predicted octanol–water partition coefficient (Wildman–Crippen LogP) is 2.76. The Morgan fingerprint density at radius 3 is 2.59 bits per heavy atom. The molecule has 1 aromatic rings. The van der Waals surface area contributed by atoms with Crippen molar-refractivity contribution in [1.29, 1.82) is 0 Å². The standard InChI is InChI=1S/C14H21BrN4OS.HI/c1-18(2)13(20)8-16-14(17-10-4-5-10)19(3)9-11-6-7-12(15)21-11;/h6-7,10H,4-5,8-9H2,1-3H3,(H,16,17);1H. The van der Waals surface area contributed by atoms with E-state index in [1.807, 2.05) is 7.05 Å². The number of aliphatic imine (C=N–C) groups is 1. The van der Waals surface area contributed by atoms with E-state index in [1.165, 1.54) is 17.7 Å². The molecule has 0 bridgehead atoms. The molecule has 8 heteroatoms. The van der Waals surface area contributed by atoms with Crippen molar-refractivity contribution in [2.75, 3.05) is 27.7 Å². The molecule has 0 aromatic carbocycles. The summed E-state index contributed by atoms with van der Waals surface area (Å²) < 4.78 is 1.13. The molecule has 1 saturated carbocycles. The molecule has 1 aliphatic carbocycles. The molecule has 1 fully saturated rings. The number of guanidine groups is 1. The zero-order valence-corrected chi connectivity index (χ0v) is 17.7. The quantitative estimate of drug-likeness (QED) is 0.384. The van der Waals surface area contributed by atoms with Crippen LogP contribution in [0.3, 0.4) is 0 Å². The molecule has 1 heterocycles. The molecular weight excluding hydrogens is 479 g/mol. The smallest absolute Gasteiger partial charge is 0.243 e. The molecule has 0 radical (unpaired) electrons. The van der Waals surface area contributed by atoms with Crippen LogP contribution in [0.1, 0.15) is 17.7 Å². The number of nitrogens with one attached hydrogen (secondary N) is 1. The molecule has 1 aromatic heterocycles. The van der Waals surface area contributed by atoms with Crippen LogP contribution in [0.5, 0.6) is 0 Å². The summed E-state index contributed by atoms with van der Waals surface area (Å²) >= 11 is 5.19. The lowest BCUT2D eigenvalue weighted by Gasteiger charge is -2.22. The van der Waals surface area contributed by atoms with Gasteiger partial charge in [-0.15, -0.1) is 35.3 Å². The number of carbonyl (C=O) groups excluding carboxylic acids is 1.